The first-order valence-corrected chi connectivity index (χ1v) is 16.1. The molecule has 10 aromatic rings. The molecule has 210 valence electrons. The summed E-state index contributed by atoms with van der Waals surface area (Å²) in [7, 11) is 0. The predicted molar refractivity (Wildman–Crippen MR) is 192 cm³/mol. The van der Waals surface area contributed by atoms with Crippen molar-refractivity contribution in [1.29, 1.82) is 0 Å². The molecule has 0 N–H and O–H groups in total. The molecule has 0 atom stereocenters. The van der Waals surface area contributed by atoms with Gasteiger partial charge in [-0.2, -0.15) is 0 Å². The Hall–Kier alpha value is -5.64. The first kappa shape index (κ1) is 24.8. The summed E-state index contributed by atoms with van der Waals surface area (Å²) in [6.07, 6.45) is 0. The van der Waals surface area contributed by atoms with E-state index in [1.807, 2.05) is 11.3 Å². The lowest BCUT2D eigenvalue weighted by Gasteiger charge is -2.10. The van der Waals surface area contributed by atoms with Crippen molar-refractivity contribution in [3.8, 4) is 27.9 Å². The van der Waals surface area contributed by atoms with Crippen molar-refractivity contribution in [1.82, 2.24) is 4.57 Å². The maximum atomic E-state index is 6.84. The number of hydrogen-bond donors (Lipinski definition) is 0. The molecule has 0 unspecified atom stereocenters. The molecule has 0 aliphatic rings. The maximum absolute atomic E-state index is 6.84. The molecule has 0 aliphatic carbocycles. The molecule has 0 spiro atoms. The average molecular weight is 592 g/mol. The molecule has 45 heavy (non-hydrogen) atoms. The van der Waals surface area contributed by atoms with Crippen LogP contribution in [0.25, 0.3) is 91.9 Å². The Labute approximate surface area is 263 Å². The monoisotopic (exact) mass is 591 g/mol. The molecule has 3 heteroatoms. The Morgan fingerprint density at radius 3 is 1.96 bits per heavy atom. The Morgan fingerprint density at radius 1 is 0.422 bits per heavy atom. The second-order valence-corrected chi connectivity index (χ2v) is 12.7. The van der Waals surface area contributed by atoms with E-state index in [0.29, 0.717) is 0 Å². The third-order valence-corrected chi connectivity index (χ3v) is 10.4. The molecule has 0 saturated heterocycles. The van der Waals surface area contributed by atoms with Gasteiger partial charge in [-0.05, 0) is 53.1 Å². The highest BCUT2D eigenvalue weighted by Gasteiger charge is 2.20. The molecule has 0 bridgehead atoms. The van der Waals surface area contributed by atoms with Gasteiger partial charge in [-0.25, -0.2) is 0 Å². The van der Waals surface area contributed by atoms with E-state index in [9.17, 15) is 0 Å². The van der Waals surface area contributed by atoms with E-state index in [2.05, 4.69) is 156 Å². The topological polar surface area (TPSA) is 18.1 Å². The molecule has 10 rings (SSSR count). The Kier molecular flexibility index (Phi) is 5.19. The third kappa shape index (κ3) is 3.56. The van der Waals surface area contributed by atoms with Gasteiger partial charge in [-0.15, -0.1) is 11.3 Å². The van der Waals surface area contributed by atoms with Crippen LogP contribution in [0.5, 0.6) is 0 Å². The third-order valence-electron chi connectivity index (χ3n) is 9.23. The van der Waals surface area contributed by atoms with Crippen LogP contribution in [-0.2, 0) is 0 Å². The van der Waals surface area contributed by atoms with Crippen molar-refractivity contribution < 1.29 is 4.42 Å². The van der Waals surface area contributed by atoms with Crippen molar-refractivity contribution in [2.75, 3.05) is 0 Å². The van der Waals surface area contributed by atoms with Crippen molar-refractivity contribution in [2.45, 2.75) is 0 Å². The van der Waals surface area contributed by atoms with Gasteiger partial charge in [0.25, 0.3) is 0 Å². The van der Waals surface area contributed by atoms with Crippen molar-refractivity contribution in [3.05, 3.63) is 152 Å². The highest BCUT2D eigenvalue weighted by Crippen LogP contribution is 2.44. The second-order valence-electron chi connectivity index (χ2n) is 11.7. The predicted octanol–water partition coefficient (Wildman–Crippen LogP) is 12.4. The van der Waals surface area contributed by atoms with Crippen molar-refractivity contribution in [3.63, 3.8) is 0 Å². The molecule has 0 fully saturated rings. The fourth-order valence-corrected chi connectivity index (χ4v) is 8.43. The summed E-state index contributed by atoms with van der Waals surface area (Å²) >= 11 is 1.88. The minimum absolute atomic E-state index is 0.933. The summed E-state index contributed by atoms with van der Waals surface area (Å²) in [6, 6.07) is 54.5. The number of fused-ring (bicyclic) bond motifs is 10. The molecule has 0 saturated carbocycles. The van der Waals surface area contributed by atoms with Gasteiger partial charge in [0.2, 0.25) is 0 Å². The maximum Gasteiger partial charge on any atom is 0.145 e. The van der Waals surface area contributed by atoms with Crippen LogP contribution in [-0.4, -0.2) is 4.57 Å². The number of thiophene rings is 1. The van der Waals surface area contributed by atoms with Crippen molar-refractivity contribution in [2.24, 2.45) is 0 Å². The second kappa shape index (κ2) is 9.43. The number of nitrogens with zero attached hydrogens (tertiary/aromatic N) is 1. The molecule has 7 aromatic carbocycles. The highest BCUT2D eigenvalue weighted by molar-refractivity contribution is 7.26. The summed E-state index contributed by atoms with van der Waals surface area (Å²) in [5.41, 5.74) is 10.1. The van der Waals surface area contributed by atoms with Gasteiger partial charge in [0, 0.05) is 47.6 Å². The zero-order valence-electron chi connectivity index (χ0n) is 24.2. The van der Waals surface area contributed by atoms with Gasteiger partial charge in [0.05, 0.1) is 16.4 Å². The SMILES string of the molecule is c1ccc(-c2cccc3c2oc2c3ccc3c2c2ccccc2n3-c2ccc(-c3cccc4c3sc3ccccc34)cc2)cc1. The van der Waals surface area contributed by atoms with Crippen LogP contribution in [0.2, 0.25) is 0 Å². The highest BCUT2D eigenvalue weighted by atomic mass is 32.1. The lowest BCUT2D eigenvalue weighted by molar-refractivity contribution is 0.674. The van der Waals surface area contributed by atoms with E-state index in [4.69, 9.17) is 4.42 Å². The van der Waals surface area contributed by atoms with Crippen LogP contribution < -0.4 is 0 Å². The fraction of sp³-hybridized carbons (Fsp3) is 0. The van der Waals surface area contributed by atoms with E-state index in [1.54, 1.807) is 0 Å². The lowest BCUT2D eigenvalue weighted by atomic mass is 10.0. The fourth-order valence-electron chi connectivity index (χ4n) is 7.20. The molecule has 0 aliphatic heterocycles. The van der Waals surface area contributed by atoms with E-state index in [0.717, 1.165) is 49.7 Å². The first-order valence-electron chi connectivity index (χ1n) is 15.3. The van der Waals surface area contributed by atoms with Gasteiger partial charge in [0.1, 0.15) is 11.2 Å². The number of rotatable bonds is 3. The van der Waals surface area contributed by atoms with Crippen molar-refractivity contribution >= 4 is 75.3 Å². The zero-order valence-corrected chi connectivity index (χ0v) is 25.0. The van der Waals surface area contributed by atoms with E-state index >= 15 is 0 Å². The molecule has 0 amide bonds. The smallest absolute Gasteiger partial charge is 0.145 e. The standard InChI is InChI=1S/C42H25NOS/c1-2-10-26(11-3-1)29-14-8-16-32-33-24-25-37-39(41(33)44-40(29)32)35-13-4-6-18-36(35)43(37)28-22-20-27(21-23-28)30-15-9-17-34-31-12-5-7-19-38(31)45-42(30)34/h1-25H. The van der Waals surface area contributed by atoms with Gasteiger partial charge in [-0.1, -0.05) is 115 Å². The van der Waals surface area contributed by atoms with Gasteiger partial charge >= 0.3 is 0 Å². The summed E-state index contributed by atoms with van der Waals surface area (Å²) in [5, 5.41) is 7.28. The van der Waals surface area contributed by atoms with E-state index in [-0.39, 0.29) is 0 Å². The minimum atomic E-state index is 0.933. The van der Waals surface area contributed by atoms with Gasteiger partial charge < -0.3 is 8.98 Å². The zero-order chi connectivity index (χ0) is 29.5. The van der Waals surface area contributed by atoms with E-state index < -0.39 is 0 Å². The number of furan rings is 1. The number of para-hydroxylation sites is 2. The Bertz CT molecular complexity index is 2740. The Morgan fingerprint density at radius 2 is 1.09 bits per heavy atom. The molecule has 2 nitrogen and oxygen atoms in total. The van der Waals surface area contributed by atoms with Crippen LogP contribution in [0.4, 0.5) is 0 Å². The molecule has 3 aromatic heterocycles. The molecular weight excluding hydrogens is 567 g/mol. The summed E-state index contributed by atoms with van der Waals surface area (Å²) in [5.74, 6) is 0. The number of benzene rings is 7. The average Bonchev–Trinajstić information content (AvgIpc) is 3.78. The number of hydrogen-bond acceptors (Lipinski definition) is 2. The van der Waals surface area contributed by atoms with Crippen LogP contribution >= 0.6 is 11.3 Å². The molecule has 3 heterocycles. The minimum Gasteiger partial charge on any atom is -0.455 e. The normalized spacial score (nSPS) is 12.0. The summed E-state index contributed by atoms with van der Waals surface area (Å²) < 4.78 is 11.9. The van der Waals surface area contributed by atoms with Gasteiger partial charge in [0.15, 0.2) is 0 Å². The van der Waals surface area contributed by atoms with Gasteiger partial charge in [-0.3, -0.25) is 0 Å². The lowest BCUT2D eigenvalue weighted by Crippen LogP contribution is -1.93. The largest absolute Gasteiger partial charge is 0.455 e. The molecular formula is C42H25NOS. The van der Waals surface area contributed by atoms with Crippen LogP contribution in [0.1, 0.15) is 0 Å². The van der Waals surface area contributed by atoms with Crippen LogP contribution in [0, 0.1) is 0 Å². The Balaban J connectivity index is 1.18. The first-order chi connectivity index (χ1) is 22.3. The summed E-state index contributed by atoms with van der Waals surface area (Å²) in [4.78, 5) is 0. The molecule has 0 radical (unpaired) electrons. The van der Waals surface area contributed by atoms with E-state index in [1.165, 1.54) is 42.2 Å². The number of aromatic nitrogens is 1. The summed E-state index contributed by atoms with van der Waals surface area (Å²) in [6.45, 7) is 0. The van der Waals surface area contributed by atoms with Crippen LogP contribution in [0.15, 0.2) is 156 Å². The van der Waals surface area contributed by atoms with Crippen LogP contribution in [0.3, 0.4) is 0 Å². The quantitative estimate of drug-likeness (QED) is 0.200.